The van der Waals surface area contributed by atoms with Crippen molar-refractivity contribution in [1.29, 1.82) is 0 Å². The smallest absolute Gasteiger partial charge is 0.315 e. The minimum atomic E-state index is -0.00488. The molecule has 5 saturated carbocycles. The number of urea groups is 1. The normalized spacial score (nSPS) is 42.7. The van der Waals surface area contributed by atoms with E-state index in [0.717, 1.165) is 43.9 Å². The molecule has 4 heteroatoms. The molecule has 2 unspecified atom stereocenters. The summed E-state index contributed by atoms with van der Waals surface area (Å²) in [7, 11) is 0. The van der Waals surface area contributed by atoms with Gasteiger partial charge in [0.05, 0.1) is 0 Å². The lowest BCUT2D eigenvalue weighted by Gasteiger charge is -2.62. The molecular formula is C23H33N3O. The van der Waals surface area contributed by atoms with E-state index in [1.165, 1.54) is 37.7 Å². The Morgan fingerprint density at radius 1 is 0.963 bits per heavy atom. The van der Waals surface area contributed by atoms with Crippen molar-refractivity contribution in [3.8, 4) is 0 Å². The van der Waals surface area contributed by atoms with Gasteiger partial charge < -0.3 is 16.4 Å². The molecule has 146 valence electrons. The first kappa shape index (κ1) is 17.5. The predicted octanol–water partition coefficient (Wildman–Crippen LogP) is 3.85. The fourth-order valence-electron chi connectivity index (χ4n) is 7.26. The highest BCUT2D eigenvalue weighted by atomic mass is 16.2. The molecular weight excluding hydrogens is 334 g/mol. The molecule has 2 amide bonds. The molecule has 0 heterocycles. The molecule has 4 nitrogen and oxygen atoms in total. The Bertz CT molecular complexity index is 681. The summed E-state index contributed by atoms with van der Waals surface area (Å²) in [6.45, 7) is 0. The zero-order chi connectivity index (χ0) is 18.5. The third-order valence-electron chi connectivity index (χ3n) is 7.93. The Hall–Kier alpha value is -1.55. The second-order valence-electron chi connectivity index (χ2n) is 10.1. The molecule has 6 rings (SSSR count). The average Bonchev–Trinajstić information content (AvgIpc) is 2.63. The zero-order valence-electron chi connectivity index (χ0n) is 16.3. The molecule has 0 radical (unpaired) electrons. The van der Waals surface area contributed by atoms with Crippen molar-refractivity contribution >= 4 is 6.03 Å². The number of rotatable bonds is 3. The lowest BCUT2D eigenvalue weighted by Crippen LogP contribution is -2.66. The molecule has 2 atom stereocenters. The van der Waals surface area contributed by atoms with Crippen LogP contribution >= 0.6 is 0 Å². The van der Waals surface area contributed by atoms with Crippen LogP contribution in [0.5, 0.6) is 0 Å². The van der Waals surface area contributed by atoms with Crippen LogP contribution in [-0.4, -0.2) is 23.7 Å². The van der Waals surface area contributed by atoms with E-state index in [9.17, 15) is 4.79 Å². The van der Waals surface area contributed by atoms with Gasteiger partial charge in [-0.2, -0.15) is 0 Å². The predicted molar refractivity (Wildman–Crippen MR) is 107 cm³/mol. The van der Waals surface area contributed by atoms with Gasteiger partial charge >= 0.3 is 6.03 Å². The number of nitrogens with two attached hydrogens (primary N) is 1. The molecule has 1 aromatic carbocycles. The minimum absolute atomic E-state index is 0.00488. The summed E-state index contributed by atoms with van der Waals surface area (Å²) in [6.07, 6.45) is 11.5. The van der Waals surface area contributed by atoms with Crippen LogP contribution in [0.2, 0.25) is 0 Å². The number of hydrogen-bond donors (Lipinski definition) is 3. The maximum atomic E-state index is 12.9. The van der Waals surface area contributed by atoms with Crippen LogP contribution in [0.4, 0.5) is 4.79 Å². The van der Waals surface area contributed by atoms with E-state index in [4.69, 9.17) is 5.73 Å². The number of benzene rings is 1. The molecule has 5 aliphatic carbocycles. The van der Waals surface area contributed by atoms with Crippen LogP contribution in [0.3, 0.4) is 0 Å². The molecule has 0 spiro atoms. The average molecular weight is 368 g/mol. The van der Waals surface area contributed by atoms with Crippen molar-refractivity contribution in [3.63, 3.8) is 0 Å². The van der Waals surface area contributed by atoms with Crippen LogP contribution in [0, 0.1) is 11.8 Å². The number of carbonyl (C=O) groups excluding carboxylic acids is 1. The highest BCUT2D eigenvalue weighted by molar-refractivity contribution is 5.75. The van der Waals surface area contributed by atoms with Crippen molar-refractivity contribution in [3.05, 3.63) is 35.9 Å². The summed E-state index contributed by atoms with van der Waals surface area (Å²) in [6, 6.07) is 11.8. The summed E-state index contributed by atoms with van der Waals surface area (Å²) in [5.41, 5.74) is 7.77. The lowest BCUT2D eigenvalue weighted by atomic mass is 9.45. The Labute approximate surface area is 162 Å². The van der Waals surface area contributed by atoms with E-state index in [0.29, 0.717) is 12.1 Å². The molecule has 0 aliphatic heterocycles. The van der Waals surface area contributed by atoms with Crippen LogP contribution in [0.1, 0.15) is 69.8 Å². The number of amides is 2. The topological polar surface area (TPSA) is 67.1 Å². The second kappa shape index (κ2) is 6.51. The maximum absolute atomic E-state index is 12.9. The van der Waals surface area contributed by atoms with Crippen LogP contribution in [0.25, 0.3) is 0 Å². The first-order valence-electron chi connectivity index (χ1n) is 10.9. The van der Waals surface area contributed by atoms with Gasteiger partial charge in [-0.15, -0.1) is 0 Å². The van der Waals surface area contributed by atoms with Crippen LogP contribution in [0.15, 0.2) is 30.3 Å². The summed E-state index contributed by atoms with van der Waals surface area (Å²) in [5.74, 6) is 1.53. The first-order valence-corrected chi connectivity index (χ1v) is 10.9. The first-order chi connectivity index (χ1) is 13.0. The van der Waals surface area contributed by atoms with Crippen molar-refractivity contribution < 1.29 is 4.79 Å². The molecule has 1 aromatic rings. The van der Waals surface area contributed by atoms with Gasteiger partial charge in [-0.05, 0) is 87.0 Å². The molecule has 27 heavy (non-hydrogen) atoms. The maximum Gasteiger partial charge on any atom is 0.315 e. The van der Waals surface area contributed by atoms with Gasteiger partial charge in [0.15, 0.2) is 0 Å². The second-order valence-corrected chi connectivity index (χ2v) is 10.1. The Kier molecular flexibility index (Phi) is 4.23. The quantitative estimate of drug-likeness (QED) is 0.760. The van der Waals surface area contributed by atoms with Gasteiger partial charge in [0, 0.05) is 17.6 Å². The fourth-order valence-corrected chi connectivity index (χ4v) is 7.26. The van der Waals surface area contributed by atoms with E-state index >= 15 is 0 Å². The molecule has 5 aliphatic rings. The molecule has 4 bridgehead atoms. The summed E-state index contributed by atoms with van der Waals surface area (Å²) in [4.78, 5) is 12.9. The number of nitrogens with one attached hydrogen (secondary N) is 2. The fraction of sp³-hybridized carbons (Fsp3) is 0.696. The Morgan fingerprint density at radius 2 is 1.63 bits per heavy atom. The van der Waals surface area contributed by atoms with Gasteiger partial charge in [-0.25, -0.2) is 4.79 Å². The van der Waals surface area contributed by atoms with Crippen molar-refractivity contribution in [1.82, 2.24) is 10.6 Å². The van der Waals surface area contributed by atoms with E-state index in [1.54, 1.807) is 0 Å². The third kappa shape index (κ3) is 3.26. The largest absolute Gasteiger partial charge is 0.335 e. The van der Waals surface area contributed by atoms with E-state index in [1.807, 2.05) is 0 Å². The van der Waals surface area contributed by atoms with Crippen molar-refractivity contribution in [2.24, 2.45) is 17.6 Å². The summed E-state index contributed by atoms with van der Waals surface area (Å²) < 4.78 is 0. The molecule has 4 N–H and O–H groups in total. The molecule has 0 aromatic heterocycles. The number of hydrogen-bond acceptors (Lipinski definition) is 2. The third-order valence-corrected chi connectivity index (χ3v) is 7.93. The Balaban J connectivity index is 1.31. The zero-order valence-corrected chi connectivity index (χ0v) is 16.3. The number of carbonyl (C=O) groups is 1. The standard InChI is InChI=1S/C23H33N3O/c24-19-6-8-20(9-7-19)25-21(27)26-23-13-16-10-17(14-23)12-22(11-16,15-23)18-4-2-1-3-5-18/h1-5,16-17,19-20H,6-15,24H2,(H2,25,26,27). The van der Waals surface area contributed by atoms with Gasteiger partial charge in [-0.1, -0.05) is 30.3 Å². The van der Waals surface area contributed by atoms with E-state index in [2.05, 4.69) is 41.0 Å². The SMILES string of the molecule is NC1CCC(NC(=O)NC23CC4CC(C2)CC(c2ccccc2)(C4)C3)CC1. The summed E-state index contributed by atoms with van der Waals surface area (Å²) >= 11 is 0. The van der Waals surface area contributed by atoms with Gasteiger partial charge in [0.2, 0.25) is 0 Å². The van der Waals surface area contributed by atoms with Crippen LogP contribution < -0.4 is 16.4 Å². The van der Waals surface area contributed by atoms with Gasteiger partial charge in [0.1, 0.15) is 0 Å². The van der Waals surface area contributed by atoms with Crippen molar-refractivity contribution in [2.75, 3.05) is 0 Å². The molecule has 5 fully saturated rings. The van der Waals surface area contributed by atoms with Crippen LogP contribution in [-0.2, 0) is 5.41 Å². The van der Waals surface area contributed by atoms with Gasteiger partial charge in [0.25, 0.3) is 0 Å². The summed E-state index contributed by atoms with van der Waals surface area (Å²) in [5, 5.41) is 6.76. The minimum Gasteiger partial charge on any atom is -0.335 e. The van der Waals surface area contributed by atoms with E-state index < -0.39 is 0 Å². The van der Waals surface area contributed by atoms with Crippen molar-refractivity contribution in [2.45, 2.75) is 87.2 Å². The Morgan fingerprint density at radius 3 is 2.30 bits per heavy atom. The lowest BCUT2D eigenvalue weighted by molar-refractivity contribution is -0.0351. The molecule has 0 saturated heterocycles. The highest BCUT2D eigenvalue weighted by Gasteiger charge is 2.58. The highest BCUT2D eigenvalue weighted by Crippen LogP contribution is 2.62. The monoisotopic (exact) mass is 367 g/mol. The van der Waals surface area contributed by atoms with E-state index in [-0.39, 0.29) is 17.0 Å². The van der Waals surface area contributed by atoms with Gasteiger partial charge in [-0.3, -0.25) is 0 Å².